The molecule has 2 saturated carbocycles. The molecule has 2 heterocycles. The Bertz CT molecular complexity index is 700. The van der Waals surface area contributed by atoms with E-state index in [2.05, 4.69) is 50.9 Å². The molecule has 1 aromatic carbocycles. The Morgan fingerprint density at radius 2 is 1.83 bits per heavy atom. The number of carbonyl (C=O) groups is 1. The summed E-state index contributed by atoms with van der Waals surface area (Å²) >= 11 is 3.60. The van der Waals surface area contributed by atoms with Crippen LogP contribution in [0.4, 0.5) is 5.69 Å². The van der Waals surface area contributed by atoms with Crippen LogP contribution in [0.3, 0.4) is 0 Å². The Morgan fingerprint density at radius 3 is 2.50 bits per heavy atom. The van der Waals surface area contributed by atoms with Crippen LogP contribution in [0.15, 0.2) is 22.7 Å². The fourth-order valence-corrected chi connectivity index (χ4v) is 5.71. The van der Waals surface area contributed by atoms with E-state index in [1.54, 1.807) is 0 Å². The number of hydrogen-bond acceptors (Lipinski definition) is 2. The Hall–Kier alpha value is -0.870. The summed E-state index contributed by atoms with van der Waals surface area (Å²) in [4.78, 5) is 18.0. The molecule has 1 amide bonds. The van der Waals surface area contributed by atoms with Gasteiger partial charge in [-0.3, -0.25) is 9.69 Å². The van der Waals surface area contributed by atoms with Crippen LogP contribution < -0.4 is 4.90 Å². The molecule has 4 aliphatic rings. The number of fused-ring (bicyclic) bond motifs is 2. The zero-order valence-electron chi connectivity index (χ0n) is 14.4. The number of benzene rings is 1. The van der Waals surface area contributed by atoms with Crippen molar-refractivity contribution in [3.05, 3.63) is 28.2 Å². The van der Waals surface area contributed by atoms with Gasteiger partial charge in [0.1, 0.15) is 0 Å². The Labute approximate surface area is 152 Å². The van der Waals surface area contributed by atoms with Gasteiger partial charge in [0.2, 0.25) is 5.91 Å². The monoisotopic (exact) mass is 388 g/mol. The normalized spacial score (nSPS) is 34.3. The molecule has 0 atom stereocenters. The molecule has 0 bridgehead atoms. The fourth-order valence-electron chi connectivity index (χ4n) is 5.36. The summed E-state index contributed by atoms with van der Waals surface area (Å²) in [5, 5.41) is 0. The maximum Gasteiger partial charge on any atom is 0.237 e. The number of likely N-dealkylation sites (tertiary alicyclic amines) is 1. The van der Waals surface area contributed by atoms with Crippen molar-refractivity contribution in [3.8, 4) is 0 Å². The highest BCUT2D eigenvalue weighted by atomic mass is 79.9. The van der Waals surface area contributed by atoms with Crippen LogP contribution in [0.2, 0.25) is 0 Å². The number of piperidine rings is 1. The van der Waals surface area contributed by atoms with Gasteiger partial charge in [0.25, 0.3) is 0 Å². The van der Waals surface area contributed by atoms with Gasteiger partial charge in [-0.25, -0.2) is 0 Å². The predicted molar refractivity (Wildman–Crippen MR) is 99.4 cm³/mol. The van der Waals surface area contributed by atoms with E-state index in [1.807, 2.05) is 0 Å². The summed E-state index contributed by atoms with van der Waals surface area (Å²) in [5.41, 5.74) is 2.60. The quantitative estimate of drug-likeness (QED) is 0.756. The van der Waals surface area contributed by atoms with Crippen molar-refractivity contribution in [2.45, 2.75) is 68.9 Å². The summed E-state index contributed by atoms with van der Waals surface area (Å²) in [7, 11) is 0. The largest absolute Gasteiger partial charge is 0.308 e. The molecule has 3 fully saturated rings. The minimum atomic E-state index is -0.160. The minimum Gasteiger partial charge on any atom is -0.308 e. The summed E-state index contributed by atoms with van der Waals surface area (Å²) in [5.74, 6) is 0.376. The molecule has 5 rings (SSSR count). The van der Waals surface area contributed by atoms with E-state index in [0.29, 0.717) is 17.5 Å². The molecule has 1 spiro atoms. The first-order chi connectivity index (χ1) is 11.5. The van der Waals surface area contributed by atoms with Gasteiger partial charge >= 0.3 is 0 Å². The van der Waals surface area contributed by atoms with E-state index in [1.165, 1.54) is 43.6 Å². The van der Waals surface area contributed by atoms with Crippen LogP contribution in [0.25, 0.3) is 0 Å². The average molecular weight is 389 g/mol. The van der Waals surface area contributed by atoms with Gasteiger partial charge in [-0.05, 0) is 76.2 Å². The van der Waals surface area contributed by atoms with Gasteiger partial charge in [-0.2, -0.15) is 0 Å². The molecule has 1 saturated heterocycles. The van der Waals surface area contributed by atoms with Crippen LogP contribution in [0.1, 0.15) is 57.4 Å². The van der Waals surface area contributed by atoms with Crippen molar-refractivity contribution in [2.24, 2.45) is 0 Å². The van der Waals surface area contributed by atoms with Crippen molar-refractivity contribution in [3.63, 3.8) is 0 Å². The third-order valence-electron chi connectivity index (χ3n) is 6.95. The highest BCUT2D eigenvalue weighted by molar-refractivity contribution is 9.10. The van der Waals surface area contributed by atoms with E-state index in [4.69, 9.17) is 0 Å². The third kappa shape index (κ3) is 2.02. The number of rotatable bonds is 2. The van der Waals surface area contributed by atoms with Crippen LogP contribution in [0, 0.1) is 0 Å². The molecule has 3 nitrogen and oxygen atoms in total. The van der Waals surface area contributed by atoms with Gasteiger partial charge in [0, 0.05) is 21.7 Å². The molecule has 0 unspecified atom stereocenters. The van der Waals surface area contributed by atoms with E-state index in [-0.39, 0.29) is 5.41 Å². The molecule has 0 N–H and O–H groups in total. The molecule has 0 radical (unpaired) electrons. The Kier molecular flexibility index (Phi) is 3.25. The second-order valence-electron chi connectivity index (χ2n) is 8.53. The number of amides is 1. The highest BCUT2D eigenvalue weighted by Gasteiger charge is 2.62. The number of anilines is 1. The summed E-state index contributed by atoms with van der Waals surface area (Å²) in [6.45, 7) is 4.89. The summed E-state index contributed by atoms with van der Waals surface area (Å²) < 4.78 is 1.08. The SMILES string of the molecule is CC1(N2CCCCC2)CC(N2C(=O)C3(CC3)c3ccc(Br)cc32)C1. The van der Waals surface area contributed by atoms with Crippen molar-refractivity contribution < 1.29 is 4.79 Å². The average Bonchev–Trinajstić information content (AvgIpc) is 3.31. The predicted octanol–water partition coefficient (Wildman–Crippen LogP) is 4.23. The van der Waals surface area contributed by atoms with Crippen molar-refractivity contribution in [1.29, 1.82) is 0 Å². The molecule has 2 aliphatic heterocycles. The van der Waals surface area contributed by atoms with E-state index in [0.717, 1.165) is 30.2 Å². The number of nitrogens with zero attached hydrogens (tertiary/aromatic N) is 2. The first kappa shape index (κ1) is 15.4. The zero-order chi connectivity index (χ0) is 16.5. The third-order valence-corrected chi connectivity index (χ3v) is 7.44. The molecule has 24 heavy (non-hydrogen) atoms. The van der Waals surface area contributed by atoms with E-state index in [9.17, 15) is 4.79 Å². The van der Waals surface area contributed by atoms with Gasteiger partial charge in [-0.1, -0.05) is 28.4 Å². The zero-order valence-corrected chi connectivity index (χ0v) is 15.9. The second kappa shape index (κ2) is 5.07. The fraction of sp³-hybridized carbons (Fsp3) is 0.650. The highest BCUT2D eigenvalue weighted by Crippen LogP contribution is 2.60. The molecular weight excluding hydrogens is 364 g/mol. The number of carbonyl (C=O) groups excluding carboxylic acids is 1. The van der Waals surface area contributed by atoms with Gasteiger partial charge in [-0.15, -0.1) is 0 Å². The Balaban J connectivity index is 1.41. The Morgan fingerprint density at radius 1 is 1.12 bits per heavy atom. The smallest absolute Gasteiger partial charge is 0.237 e. The minimum absolute atomic E-state index is 0.160. The number of halogens is 1. The van der Waals surface area contributed by atoms with Crippen molar-refractivity contribution >= 4 is 27.5 Å². The summed E-state index contributed by atoms with van der Waals surface area (Å²) in [6.07, 6.45) is 8.37. The lowest BCUT2D eigenvalue weighted by Crippen LogP contribution is -2.63. The molecule has 128 valence electrons. The molecule has 1 aromatic rings. The maximum absolute atomic E-state index is 13.2. The topological polar surface area (TPSA) is 23.6 Å². The lowest BCUT2D eigenvalue weighted by Gasteiger charge is -2.55. The van der Waals surface area contributed by atoms with Crippen molar-refractivity contribution in [1.82, 2.24) is 4.90 Å². The van der Waals surface area contributed by atoms with E-state index < -0.39 is 0 Å². The van der Waals surface area contributed by atoms with Gasteiger partial charge in [0.05, 0.1) is 5.41 Å². The van der Waals surface area contributed by atoms with Gasteiger partial charge < -0.3 is 4.90 Å². The number of hydrogen-bond donors (Lipinski definition) is 0. The van der Waals surface area contributed by atoms with Crippen molar-refractivity contribution in [2.75, 3.05) is 18.0 Å². The molecular formula is C20H25BrN2O. The van der Waals surface area contributed by atoms with Crippen LogP contribution in [-0.2, 0) is 10.2 Å². The maximum atomic E-state index is 13.2. The van der Waals surface area contributed by atoms with Crippen LogP contribution >= 0.6 is 15.9 Å². The van der Waals surface area contributed by atoms with E-state index >= 15 is 0 Å². The van der Waals surface area contributed by atoms with Crippen LogP contribution in [-0.4, -0.2) is 35.5 Å². The standard InChI is InChI=1S/C20H25BrN2O/c1-19(22-9-3-2-4-10-22)12-15(13-19)23-17-11-14(21)5-6-16(17)20(7-8-20)18(23)24/h5-6,11,15H,2-4,7-10,12-13H2,1H3. The van der Waals surface area contributed by atoms with Crippen LogP contribution in [0.5, 0.6) is 0 Å². The lowest BCUT2D eigenvalue weighted by molar-refractivity contribution is -0.122. The molecule has 4 heteroatoms. The second-order valence-corrected chi connectivity index (χ2v) is 9.44. The summed E-state index contributed by atoms with van der Waals surface area (Å²) in [6, 6.07) is 6.82. The molecule has 0 aromatic heterocycles. The molecule has 2 aliphatic carbocycles. The van der Waals surface area contributed by atoms with Gasteiger partial charge in [0.15, 0.2) is 0 Å². The lowest BCUT2D eigenvalue weighted by atomic mass is 9.71. The first-order valence-corrected chi connectivity index (χ1v) is 10.2. The first-order valence-electron chi connectivity index (χ1n) is 9.42.